The second-order valence-electron chi connectivity index (χ2n) is 4.13. The predicted molar refractivity (Wildman–Crippen MR) is 75.5 cm³/mol. The standard InChI is InChI=1S/C14H12BrN3/c1-2-10-3-5-11(6-4-10)12-9-18-13(15)7-17-14(18)8-16-12/h3-9H,2H2,1H3. The van der Waals surface area contributed by atoms with Gasteiger partial charge in [-0.1, -0.05) is 31.2 Å². The first-order valence-corrected chi connectivity index (χ1v) is 6.65. The molecule has 0 saturated carbocycles. The van der Waals surface area contributed by atoms with Crippen LogP contribution < -0.4 is 0 Å². The average molecular weight is 302 g/mol. The molecular weight excluding hydrogens is 290 g/mol. The molecule has 0 aliphatic carbocycles. The highest BCUT2D eigenvalue weighted by molar-refractivity contribution is 9.10. The fraction of sp³-hybridized carbons (Fsp3) is 0.143. The van der Waals surface area contributed by atoms with Gasteiger partial charge in [-0.3, -0.25) is 9.38 Å². The minimum atomic E-state index is 0.843. The minimum Gasteiger partial charge on any atom is -0.291 e. The summed E-state index contributed by atoms with van der Waals surface area (Å²) in [6, 6.07) is 8.50. The van der Waals surface area contributed by atoms with Gasteiger partial charge in [0.2, 0.25) is 0 Å². The third-order valence-corrected chi connectivity index (χ3v) is 3.60. The summed E-state index contributed by atoms with van der Waals surface area (Å²) in [5.41, 5.74) is 4.25. The molecule has 3 rings (SSSR count). The molecular formula is C14H12BrN3. The lowest BCUT2D eigenvalue weighted by atomic mass is 10.1. The molecule has 0 radical (unpaired) electrons. The van der Waals surface area contributed by atoms with Crippen molar-refractivity contribution in [1.29, 1.82) is 0 Å². The Morgan fingerprint density at radius 1 is 1.11 bits per heavy atom. The van der Waals surface area contributed by atoms with Crippen molar-refractivity contribution < 1.29 is 0 Å². The van der Waals surface area contributed by atoms with Crippen molar-refractivity contribution in [2.24, 2.45) is 0 Å². The number of aryl methyl sites for hydroxylation is 1. The molecule has 2 aromatic heterocycles. The Hall–Kier alpha value is -1.68. The third-order valence-electron chi connectivity index (χ3n) is 3.01. The Morgan fingerprint density at radius 3 is 2.61 bits per heavy atom. The third kappa shape index (κ3) is 1.93. The van der Waals surface area contributed by atoms with E-state index in [1.54, 1.807) is 12.4 Å². The van der Waals surface area contributed by atoms with E-state index in [2.05, 4.69) is 57.1 Å². The van der Waals surface area contributed by atoms with Crippen LogP contribution in [0.1, 0.15) is 12.5 Å². The molecule has 0 unspecified atom stereocenters. The number of hydrogen-bond donors (Lipinski definition) is 0. The van der Waals surface area contributed by atoms with Crippen LogP contribution in [0.2, 0.25) is 0 Å². The van der Waals surface area contributed by atoms with E-state index in [4.69, 9.17) is 0 Å². The number of benzene rings is 1. The zero-order valence-electron chi connectivity index (χ0n) is 9.97. The van der Waals surface area contributed by atoms with Crippen LogP contribution in [0.25, 0.3) is 16.9 Å². The number of fused-ring (bicyclic) bond motifs is 1. The summed E-state index contributed by atoms with van der Waals surface area (Å²) >= 11 is 3.47. The maximum Gasteiger partial charge on any atom is 0.156 e. The van der Waals surface area contributed by atoms with Crippen molar-refractivity contribution in [3.05, 3.63) is 53.0 Å². The van der Waals surface area contributed by atoms with Gasteiger partial charge in [0.05, 0.1) is 18.1 Å². The van der Waals surface area contributed by atoms with E-state index in [1.165, 1.54) is 5.56 Å². The Labute approximate surface area is 114 Å². The Morgan fingerprint density at radius 2 is 1.89 bits per heavy atom. The van der Waals surface area contributed by atoms with Gasteiger partial charge in [-0.25, -0.2) is 4.98 Å². The van der Waals surface area contributed by atoms with Crippen LogP contribution in [0.3, 0.4) is 0 Å². The lowest BCUT2D eigenvalue weighted by Gasteiger charge is -2.03. The Bertz CT molecular complexity index is 686. The summed E-state index contributed by atoms with van der Waals surface area (Å²) in [5.74, 6) is 0. The van der Waals surface area contributed by atoms with Gasteiger partial charge < -0.3 is 0 Å². The molecule has 18 heavy (non-hydrogen) atoms. The minimum absolute atomic E-state index is 0.843. The van der Waals surface area contributed by atoms with Gasteiger partial charge >= 0.3 is 0 Å². The van der Waals surface area contributed by atoms with Gasteiger partial charge in [0.1, 0.15) is 4.60 Å². The average Bonchev–Trinajstić information content (AvgIpc) is 2.80. The maximum absolute atomic E-state index is 4.44. The van der Waals surface area contributed by atoms with Crippen LogP contribution >= 0.6 is 15.9 Å². The second kappa shape index (κ2) is 4.53. The molecule has 0 spiro atoms. The van der Waals surface area contributed by atoms with Crippen molar-refractivity contribution in [2.75, 3.05) is 0 Å². The fourth-order valence-electron chi connectivity index (χ4n) is 1.92. The summed E-state index contributed by atoms with van der Waals surface area (Å²) in [6.07, 6.45) is 6.61. The van der Waals surface area contributed by atoms with E-state index in [0.29, 0.717) is 0 Å². The highest BCUT2D eigenvalue weighted by Crippen LogP contribution is 2.20. The van der Waals surface area contributed by atoms with Crippen LogP contribution in [0, 0.1) is 0 Å². The highest BCUT2D eigenvalue weighted by Gasteiger charge is 2.04. The van der Waals surface area contributed by atoms with Gasteiger partial charge in [-0.05, 0) is 27.9 Å². The molecule has 0 aliphatic heterocycles. The first-order valence-electron chi connectivity index (χ1n) is 5.86. The number of hydrogen-bond acceptors (Lipinski definition) is 2. The van der Waals surface area contributed by atoms with Crippen LogP contribution in [0.4, 0.5) is 0 Å². The van der Waals surface area contributed by atoms with Gasteiger partial charge in [-0.15, -0.1) is 0 Å². The number of imidazole rings is 1. The van der Waals surface area contributed by atoms with Crippen LogP contribution in [-0.4, -0.2) is 14.4 Å². The van der Waals surface area contributed by atoms with Gasteiger partial charge in [0, 0.05) is 11.8 Å². The summed E-state index contributed by atoms with van der Waals surface area (Å²) in [6.45, 7) is 2.15. The molecule has 0 aliphatic rings. The number of halogens is 1. The zero-order valence-corrected chi connectivity index (χ0v) is 11.6. The molecule has 0 atom stereocenters. The smallest absolute Gasteiger partial charge is 0.156 e. The van der Waals surface area contributed by atoms with Gasteiger partial charge in [0.25, 0.3) is 0 Å². The number of aromatic nitrogens is 3. The van der Waals surface area contributed by atoms with Crippen molar-refractivity contribution >= 4 is 21.6 Å². The van der Waals surface area contributed by atoms with Crippen molar-refractivity contribution in [1.82, 2.24) is 14.4 Å². The normalized spacial score (nSPS) is 11.0. The largest absolute Gasteiger partial charge is 0.291 e. The van der Waals surface area contributed by atoms with Gasteiger partial charge in [0.15, 0.2) is 5.65 Å². The molecule has 4 heteroatoms. The molecule has 2 heterocycles. The van der Waals surface area contributed by atoms with E-state index < -0.39 is 0 Å². The monoisotopic (exact) mass is 301 g/mol. The molecule has 1 aromatic carbocycles. The molecule has 0 N–H and O–H groups in total. The Balaban J connectivity index is 2.09. The number of rotatable bonds is 2. The summed E-state index contributed by atoms with van der Waals surface area (Å²) in [7, 11) is 0. The molecule has 0 saturated heterocycles. The van der Waals surface area contributed by atoms with Crippen LogP contribution in [0.5, 0.6) is 0 Å². The van der Waals surface area contributed by atoms with Crippen LogP contribution in [-0.2, 0) is 6.42 Å². The lowest BCUT2D eigenvalue weighted by Crippen LogP contribution is -1.91. The lowest BCUT2D eigenvalue weighted by molar-refractivity contribution is 1.10. The molecule has 3 nitrogen and oxygen atoms in total. The van der Waals surface area contributed by atoms with Gasteiger partial charge in [-0.2, -0.15) is 0 Å². The molecule has 3 aromatic rings. The Kier molecular flexibility index (Phi) is 2.88. The molecule has 0 bridgehead atoms. The van der Waals surface area contributed by atoms with E-state index in [0.717, 1.165) is 27.9 Å². The first kappa shape index (κ1) is 11.4. The first-order chi connectivity index (χ1) is 8.78. The quantitative estimate of drug-likeness (QED) is 0.722. The molecule has 90 valence electrons. The van der Waals surface area contributed by atoms with E-state index in [1.807, 2.05) is 10.6 Å². The molecule has 0 amide bonds. The summed E-state index contributed by atoms with van der Waals surface area (Å²) in [4.78, 5) is 8.68. The topological polar surface area (TPSA) is 30.2 Å². The van der Waals surface area contributed by atoms with Crippen molar-refractivity contribution in [2.45, 2.75) is 13.3 Å². The summed E-state index contributed by atoms with van der Waals surface area (Å²) in [5, 5.41) is 0. The fourth-order valence-corrected chi connectivity index (χ4v) is 2.31. The van der Waals surface area contributed by atoms with Crippen molar-refractivity contribution in [3.63, 3.8) is 0 Å². The highest BCUT2D eigenvalue weighted by atomic mass is 79.9. The van der Waals surface area contributed by atoms with Crippen LogP contribution in [0.15, 0.2) is 47.5 Å². The maximum atomic E-state index is 4.44. The summed E-state index contributed by atoms with van der Waals surface area (Å²) < 4.78 is 2.92. The van der Waals surface area contributed by atoms with E-state index in [-0.39, 0.29) is 0 Å². The number of nitrogens with zero attached hydrogens (tertiary/aromatic N) is 3. The molecule has 0 fully saturated rings. The predicted octanol–water partition coefficient (Wildman–Crippen LogP) is 3.72. The van der Waals surface area contributed by atoms with E-state index >= 15 is 0 Å². The van der Waals surface area contributed by atoms with Crippen molar-refractivity contribution in [3.8, 4) is 11.3 Å². The SMILES string of the molecule is CCc1ccc(-c2cn3c(Br)cnc3cn2)cc1. The second-order valence-corrected chi connectivity index (χ2v) is 4.94. The van der Waals surface area contributed by atoms with E-state index in [9.17, 15) is 0 Å². The zero-order chi connectivity index (χ0) is 12.5.